The van der Waals surface area contributed by atoms with Crippen LogP contribution in [0.5, 0.6) is 5.75 Å². The van der Waals surface area contributed by atoms with Crippen LogP contribution in [0.1, 0.15) is 79.0 Å². The summed E-state index contributed by atoms with van der Waals surface area (Å²) in [5.41, 5.74) is 6.40. The Balaban J connectivity index is 0.00000176. The number of benzene rings is 1. The number of aryl methyl sites for hydroxylation is 3. The molecule has 5 nitrogen and oxygen atoms in total. The van der Waals surface area contributed by atoms with Gasteiger partial charge in [-0.15, -0.1) is 0 Å². The molecule has 2 aliphatic heterocycles. The number of aromatic nitrogens is 1. The Morgan fingerprint density at radius 3 is 2.50 bits per heavy atom. The third-order valence-corrected chi connectivity index (χ3v) is 7.05. The second-order valence-electron chi connectivity index (χ2n) is 10.6. The van der Waals surface area contributed by atoms with Gasteiger partial charge in [0.25, 0.3) is 5.91 Å². The van der Waals surface area contributed by atoms with Crippen LogP contribution in [-0.2, 0) is 13.0 Å². The Hall–Kier alpha value is -2.79. The summed E-state index contributed by atoms with van der Waals surface area (Å²) in [6, 6.07) is 14.5. The summed E-state index contributed by atoms with van der Waals surface area (Å²) in [6.07, 6.45) is 3.16. The zero-order chi connectivity index (χ0) is 26.3. The molecule has 0 unspecified atom stereocenters. The van der Waals surface area contributed by atoms with E-state index in [4.69, 9.17) is 4.74 Å². The van der Waals surface area contributed by atoms with E-state index in [2.05, 4.69) is 67.2 Å². The van der Waals surface area contributed by atoms with E-state index in [0.717, 1.165) is 55.9 Å². The lowest BCUT2D eigenvalue weighted by molar-refractivity contribution is 0.0929. The number of rotatable bonds is 5. The Morgan fingerprint density at radius 2 is 1.78 bits per heavy atom. The van der Waals surface area contributed by atoms with E-state index in [-0.39, 0.29) is 11.5 Å². The van der Waals surface area contributed by atoms with Gasteiger partial charge in [0.05, 0.1) is 0 Å². The average Bonchev–Trinajstić information content (AvgIpc) is 3.20. The Labute approximate surface area is 218 Å². The molecule has 1 aromatic carbocycles. The van der Waals surface area contributed by atoms with Gasteiger partial charge < -0.3 is 15.0 Å². The van der Waals surface area contributed by atoms with Crippen molar-refractivity contribution >= 4 is 5.91 Å². The molecule has 0 bridgehead atoms. The quantitative estimate of drug-likeness (QED) is 0.506. The molecule has 2 aliphatic rings. The molecule has 0 spiro atoms. The second kappa shape index (κ2) is 12.4. The molecule has 4 rings (SSSR count). The minimum atomic E-state index is -0.109. The zero-order valence-corrected chi connectivity index (χ0v) is 23.3. The maximum Gasteiger partial charge on any atom is 0.267 e. The molecule has 0 radical (unpaired) electrons. The van der Waals surface area contributed by atoms with E-state index in [1.807, 2.05) is 39.0 Å². The minimum Gasteiger partial charge on any atom is -0.487 e. The number of carbonyl (C=O) groups excluding carboxylic acids is 1. The topological polar surface area (TPSA) is 57.4 Å². The third-order valence-electron chi connectivity index (χ3n) is 7.05. The first-order valence-electron chi connectivity index (χ1n) is 13.5. The van der Waals surface area contributed by atoms with Crippen molar-refractivity contribution in [2.75, 3.05) is 19.6 Å². The summed E-state index contributed by atoms with van der Waals surface area (Å²) in [4.78, 5) is 18.7. The fraction of sp³-hybridized carbons (Fsp3) is 0.516. The fourth-order valence-corrected chi connectivity index (χ4v) is 4.99. The number of amides is 1. The number of hydrogen-bond acceptors (Lipinski definition) is 3. The number of para-hydroxylation sites is 1. The molecule has 196 valence electrons. The maximum atomic E-state index is 12.9. The number of fused-ring (bicyclic) bond motifs is 1. The highest BCUT2D eigenvalue weighted by Gasteiger charge is 2.32. The smallest absolute Gasteiger partial charge is 0.267 e. The van der Waals surface area contributed by atoms with Crippen molar-refractivity contribution < 1.29 is 9.53 Å². The van der Waals surface area contributed by atoms with Crippen molar-refractivity contribution in [2.24, 2.45) is 5.92 Å². The molecule has 1 fully saturated rings. The predicted octanol–water partition coefficient (Wildman–Crippen LogP) is 6.45. The molecule has 5 heteroatoms. The molecule has 0 saturated carbocycles. The Kier molecular flexibility index (Phi) is 9.61. The van der Waals surface area contributed by atoms with Gasteiger partial charge in [-0.1, -0.05) is 55.8 Å². The van der Waals surface area contributed by atoms with Gasteiger partial charge in [-0.05, 0) is 83.7 Å². The largest absolute Gasteiger partial charge is 0.487 e. The van der Waals surface area contributed by atoms with Crippen LogP contribution in [-0.4, -0.2) is 41.0 Å². The number of carbonyl (C=O) groups is 1. The summed E-state index contributed by atoms with van der Waals surface area (Å²) in [5, 5.41) is 3.16. The summed E-state index contributed by atoms with van der Waals surface area (Å²) in [5.74, 6) is 1.56. The first-order valence-corrected chi connectivity index (χ1v) is 13.5. The number of likely N-dealkylation sites (tertiary alicyclic amines) is 1. The van der Waals surface area contributed by atoms with Crippen LogP contribution in [0.25, 0.3) is 0 Å². The van der Waals surface area contributed by atoms with Crippen molar-refractivity contribution in [1.29, 1.82) is 0 Å². The molecule has 1 saturated heterocycles. The summed E-state index contributed by atoms with van der Waals surface area (Å²) in [7, 11) is 0. The lowest BCUT2D eigenvalue weighted by atomic mass is 9.96. The van der Waals surface area contributed by atoms with Crippen LogP contribution in [0.15, 0.2) is 42.5 Å². The van der Waals surface area contributed by atoms with Crippen LogP contribution in [0.4, 0.5) is 0 Å². The van der Waals surface area contributed by atoms with Gasteiger partial charge in [0.15, 0.2) is 0 Å². The molecule has 1 aromatic heterocycles. The summed E-state index contributed by atoms with van der Waals surface area (Å²) < 4.78 is 6.26. The van der Waals surface area contributed by atoms with Gasteiger partial charge in [0, 0.05) is 30.8 Å². The molecule has 36 heavy (non-hydrogen) atoms. The van der Waals surface area contributed by atoms with Crippen LogP contribution >= 0.6 is 0 Å². The van der Waals surface area contributed by atoms with E-state index >= 15 is 0 Å². The zero-order valence-electron chi connectivity index (χ0n) is 23.3. The van der Waals surface area contributed by atoms with Gasteiger partial charge in [-0.3, -0.25) is 9.69 Å². The highest BCUT2D eigenvalue weighted by Crippen LogP contribution is 2.38. The van der Waals surface area contributed by atoms with Crippen molar-refractivity contribution in [1.82, 2.24) is 15.2 Å². The van der Waals surface area contributed by atoms with Crippen LogP contribution in [0.3, 0.4) is 0 Å². The SMILES string of the molecule is CC.Cc1cccc(C(=O)NCC2CCN(Cc3cccc4c3OC(C)(C)C4)CC2)[nH]c(C)c(C)c1. The number of piperidine rings is 1. The molecule has 3 heterocycles. The molecule has 2 aromatic rings. The average molecular weight is 492 g/mol. The molecule has 0 atom stereocenters. The first-order chi connectivity index (χ1) is 17.2. The molecular formula is C31H45N3O2. The van der Waals surface area contributed by atoms with Crippen LogP contribution < -0.4 is 10.1 Å². The molecule has 1 amide bonds. The van der Waals surface area contributed by atoms with Crippen LogP contribution in [0, 0.1) is 26.7 Å². The number of hydrogen-bond donors (Lipinski definition) is 2. The second-order valence-corrected chi connectivity index (χ2v) is 10.6. The van der Waals surface area contributed by atoms with E-state index in [1.54, 1.807) is 0 Å². The molecular weight excluding hydrogens is 446 g/mol. The van der Waals surface area contributed by atoms with Gasteiger partial charge >= 0.3 is 0 Å². The molecule has 2 N–H and O–H groups in total. The van der Waals surface area contributed by atoms with Gasteiger partial charge in [0.2, 0.25) is 0 Å². The standard InChI is InChI=1S/C29H39N3O2.C2H6/c1-20-8-6-11-26(31-22(3)21(2)16-20)28(33)30-18-23-12-14-32(15-13-23)19-25-10-7-9-24-17-29(4,5)34-27(24)25;1-2/h6-11,16,23,31H,12-15,17-19H2,1-5H3,(H,30,33);1-2H3. The number of aromatic amines is 1. The monoisotopic (exact) mass is 491 g/mol. The third kappa shape index (κ3) is 7.36. The van der Waals surface area contributed by atoms with E-state index < -0.39 is 0 Å². The highest BCUT2D eigenvalue weighted by molar-refractivity contribution is 5.92. The number of nitrogens with one attached hydrogen (secondary N) is 2. The van der Waals surface area contributed by atoms with Crippen molar-refractivity contribution in [3.8, 4) is 5.75 Å². The van der Waals surface area contributed by atoms with E-state index in [9.17, 15) is 4.79 Å². The number of H-pyrrole nitrogens is 1. The van der Waals surface area contributed by atoms with Crippen molar-refractivity contribution in [3.63, 3.8) is 0 Å². The lowest BCUT2D eigenvalue weighted by Crippen LogP contribution is -2.38. The number of ether oxygens (including phenoxy) is 1. The van der Waals surface area contributed by atoms with Crippen LogP contribution in [0.2, 0.25) is 0 Å². The van der Waals surface area contributed by atoms with Crippen molar-refractivity contribution in [3.05, 3.63) is 76.1 Å². The van der Waals surface area contributed by atoms with Gasteiger partial charge in [-0.25, -0.2) is 0 Å². The summed E-state index contributed by atoms with van der Waals surface area (Å²) in [6.45, 7) is 18.2. The fourth-order valence-electron chi connectivity index (χ4n) is 4.99. The Bertz CT molecular complexity index is 1090. The number of nitrogens with zero attached hydrogens (tertiary/aromatic N) is 1. The maximum absolute atomic E-state index is 12.9. The van der Waals surface area contributed by atoms with Gasteiger partial charge in [0.1, 0.15) is 17.0 Å². The lowest BCUT2D eigenvalue weighted by Gasteiger charge is -2.32. The molecule has 0 aliphatic carbocycles. The summed E-state index contributed by atoms with van der Waals surface area (Å²) >= 11 is 0. The van der Waals surface area contributed by atoms with E-state index in [0.29, 0.717) is 18.2 Å². The Morgan fingerprint density at radius 1 is 1.08 bits per heavy atom. The minimum absolute atomic E-state index is 0.0432. The van der Waals surface area contributed by atoms with Gasteiger partial charge in [-0.2, -0.15) is 0 Å². The van der Waals surface area contributed by atoms with E-state index in [1.165, 1.54) is 16.7 Å². The van der Waals surface area contributed by atoms with Crippen molar-refractivity contribution in [2.45, 2.75) is 79.9 Å². The predicted molar refractivity (Wildman–Crippen MR) is 149 cm³/mol. The highest BCUT2D eigenvalue weighted by atomic mass is 16.5. The normalized spacial score (nSPS) is 16.8. The first kappa shape index (κ1) is 27.8.